The van der Waals surface area contributed by atoms with Crippen LogP contribution < -0.4 is 0 Å². The molecule has 0 aliphatic rings. The minimum Gasteiger partial charge on any atom is -0.396 e. The summed E-state index contributed by atoms with van der Waals surface area (Å²) in [6, 6.07) is 0. The predicted molar refractivity (Wildman–Crippen MR) is 85.6 cm³/mol. The second-order valence-corrected chi connectivity index (χ2v) is 6.39. The van der Waals surface area contributed by atoms with Gasteiger partial charge in [0.1, 0.15) is 0 Å². The fraction of sp³-hybridized carbons (Fsp3) is 1.00. The van der Waals surface area contributed by atoms with Crippen LogP contribution in [-0.2, 0) is 0 Å². The van der Waals surface area contributed by atoms with Gasteiger partial charge in [-0.3, -0.25) is 4.90 Å². The second kappa shape index (κ2) is 11.7. The van der Waals surface area contributed by atoms with Crippen molar-refractivity contribution < 1.29 is 5.11 Å². The fourth-order valence-electron chi connectivity index (χ4n) is 2.61. The Morgan fingerprint density at radius 2 is 1.26 bits per heavy atom. The minimum absolute atomic E-state index is 0.146. The Balaban J connectivity index is 4.13. The first-order chi connectivity index (χ1) is 9.08. The molecule has 0 rings (SSSR count). The molecule has 0 saturated carbocycles. The molecule has 0 unspecified atom stereocenters. The molecule has 2 heteroatoms. The first kappa shape index (κ1) is 18.9. The van der Waals surface area contributed by atoms with E-state index in [9.17, 15) is 5.11 Å². The zero-order chi connectivity index (χ0) is 14.6. The highest BCUT2D eigenvalue weighted by molar-refractivity contribution is 4.81. The van der Waals surface area contributed by atoms with Crippen LogP contribution in [-0.4, -0.2) is 35.2 Å². The molecule has 0 amide bonds. The van der Waals surface area contributed by atoms with E-state index in [1.807, 2.05) is 0 Å². The molecule has 0 saturated heterocycles. The molecule has 0 aliphatic heterocycles. The van der Waals surface area contributed by atoms with Gasteiger partial charge in [0.2, 0.25) is 0 Å². The van der Waals surface area contributed by atoms with E-state index < -0.39 is 0 Å². The largest absolute Gasteiger partial charge is 0.396 e. The summed E-state index contributed by atoms with van der Waals surface area (Å²) in [6.45, 7) is 11.8. The van der Waals surface area contributed by atoms with Crippen molar-refractivity contribution in [1.82, 2.24) is 4.90 Å². The molecule has 0 bridgehead atoms. The van der Waals surface area contributed by atoms with Gasteiger partial charge in [0.25, 0.3) is 0 Å². The fourth-order valence-corrected chi connectivity index (χ4v) is 2.61. The van der Waals surface area contributed by atoms with Gasteiger partial charge in [-0.05, 0) is 46.2 Å². The molecule has 0 atom stereocenters. The molecule has 0 heterocycles. The van der Waals surface area contributed by atoms with Crippen molar-refractivity contribution in [3.05, 3.63) is 0 Å². The Bertz CT molecular complexity index is 180. The lowest BCUT2D eigenvalue weighted by atomic mass is 9.97. The quantitative estimate of drug-likeness (QED) is 0.494. The Kier molecular flexibility index (Phi) is 11.7. The maximum Gasteiger partial charge on any atom is 0.0448 e. The van der Waals surface area contributed by atoms with Crippen molar-refractivity contribution in [3.63, 3.8) is 0 Å². The Labute approximate surface area is 121 Å². The highest BCUT2D eigenvalue weighted by Gasteiger charge is 2.25. The number of unbranched alkanes of at least 4 members (excludes halogenated alkanes) is 6. The normalized spacial score (nSPS) is 12.3. The maximum absolute atomic E-state index is 9.24. The van der Waals surface area contributed by atoms with Crippen molar-refractivity contribution in [1.29, 1.82) is 0 Å². The summed E-state index contributed by atoms with van der Waals surface area (Å²) in [4.78, 5) is 2.61. The van der Waals surface area contributed by atoms with Crippen LogP contribution in [0.2, 0.25) is 0 Å². The molecule has 116 valence electrons. The molecule has 0 aromatic heterocycles. The first-order valence-electron chi connectivity index (χ1n) is 8.44. The summed E-state index contributed by atoms with van der Waals surface area (Å²) >= 11 is 0. The van der Waals surface area contributed by atoms with E-state index in [0.717, 1.165) is 6.42 Å². The average Bonchev–Trinajstić information content (AvgIpc) is 2.36. The number of hydrogen-bond acceptors (Lipinski definition) is 2. The number of rotatable bonds is 13. The third kappa shape index (κ3) is 9.45. The van der Waals surface area contributed by atoms with Gasteiger partial charge >= 0.3 is 0 Å². The second-order valence-electron chi connectivity index (χ2n) is 6.39. The molecule has 0 aliphatic carbocycles. The van der Waals surface area contributed by atoms with Gasteiger partial charge in [-0.2, -0.15) is 0 Å². The van der Waals surface area contributed by atoms with Crippen LogP contribution in [0.5, 0.6) is 0 Å². The summed E-state index contributed by atoms with van der Waals surface area (Å²) in [5.41, 5.74) is 0.146. The van der Waals surface area contributed by atoms with Gasteiger partial charge in [-0.1, -0.05) is 52.4 Å². The van der Waals surface area contributed by atoms with E-state index in [1.165, 1.54) is 64.5 Å². The Morgan fingerprint density at radius 1 is 0.789 bits per heavy atom. The van der Waals surface area contributed by atoms with Gasteiger partial charge in [0.15, 0.2) is 0 Å². The highest BCUT2D eigenvalue weighted by atomic mass is 16.3. The number of hydrogen-bond donors (Lipinski definition) is 1. The lowest BCUT2D eigenvalue weighted by molar-refractivity contribution is 0.0852. The first-order valence-corrected chi connectivity index (χ1v) is 8.44. The Hall–Kier alpha value is -0.0800. The van der Waals surface area contributed by atoms with Gasteiger partial charge in [-0.25, -0.2) is 0 Å². The van der Waals surface area contributed by atoms with Gasteiger partial charge in [0, 0.05) is 12.1 Å². The summed E-state index contributed by atoms with van der Waals surface area (Å²) < 4.78 is 0. The van der Waals surface area contributed by atoms with Crippen molar-refractivity contribution in [2.45, 2.75) is 91.0 Å². The van der Waals surface area contributed by atoms with Gasteiger partial charge in [-0.15, -0.1) is 0 Å². The average molecular weight is 271 g/mol. The van der Waals surface area contributed by atoms with Gasteiger partial charge in [0.05, 0.1) is 0 Å². The molecule has 0 fully saturated rings. The zero-order valence-electron chi connectivity index (χ0n) is 13.9. The topological polar surface area (TPSA) is 23.5 Å². The third-order valence-electron chi connectivity index (χ3n) is 4.14. The summed E-state index contributed by atoms with van der Waals surface area (Å²) in [7, 11) is 0. The van der Waals surface area contributed by atoms with Crippen molar-refractivity contribution in [2.24, 2.45) is 0 Å². The minimum atomic E-state index is 0.146. The van der Waals surface area contributed by atoms with Crippen molar-refractivity contribution in [3.8, 4) is 0 Å². The van der Waals surface area contributed by atoms with Crippen LogP contribution in [0.4, 0.5) is 0 Å². The van der Waals surface area contributed by atoms with Crippen LogP contribution in [0.25, 0.3) is 0 Å². The van der Waals surface area contributed by atoms with E-state index in [-0.39, 0.29) is 5.54 Å². The molecule has 0 aromatic rings. The lowest BCUT2D eigenvalue weighted by Gasteiger charge is -2.38. The monoisotopic (exact) mass is 271 g/mol. The maximum atomic E-state index is 9.24. The standard InChI is InChI=1S/C17H37NO/c1-5-7-9-11-14-18(15-12-10-8-6-2)17(3,4)13-16-19/h19H,5-16H2,1-4H3. The highest BCUT2D eigenvalue weighted by Crippen LogP contribution is 2.20. The number of aliphatic hydroxyl groups is 1. The third-order valence-corrected chi connectivity index (χ3v) is 4.14. The Morgan fingerprint density at radius 3 is 1.63 bits per heavy atom. The summed E-state index contributed by atoms with van der Waals surface area (Å²) in [5.74, 6) is 0. The van der Waals surface area contributed by atoms with E-state index >= 15 is 0 Å². The predicted octanol–water partition coefficient (Wildman–Crippen LogP) is 4.61. The SMILES string of the molecule is CCCCCCN(CCCCCC)C(C)(C)CCO. The molecule has 19 heavy (non-hydrogen) atoms. The van der Waals surface area contributed by atoms with Crippen LogP contribution in [0.3, 0.4) is 0 Å². The van der Waals surface area contributed by atoms with Crippen LogP contribution in [0, 0.1) is 0 Å². The van der Waals surface area contributed by atoms with Crippen LogP contribution in [0.1, 0.15) is 85.5 Å². The van der Waals surface area contributed by atoms with E-state index in [0.29, 0.717) is 6.61 Å². The molecule has 1 N–H and O–H groups in total. The summed E-state index contributed by atoms with van der Waals surface area (Å²) in [5, 5.41) is 9.24. The molecular weight excluding hydrogens is 234 g/mol. The zero-order valence-corrected chi connectivity index (χ0v) is 13.9. The number of nitrogens with zero attached hydrogens (tertiary/aromatic N) is 1. The van der Waals surface area contributed by atoms with Crippen molar-refractivity contribution in [2.75, 3.05) is 19.7 Å². The van der Waals surface area contributed by atoms with Crippen molar-refractivity contribution >= 4 is 0 Å². The van der Waals surface area contributed by atoms with E-state index in [2.05, 4.69) is 32.6 Å². The van der Waals surface area contributed by atoms with E-state index in [4.69, 9.17) is 0 Å². The van der Waals surface area contributed by atoms with Crippen LogP contribution >= 0.6 is 0 Å². The van der Waals surface area contributed by atoms with Crippen LogP contribution in [0.15, 0.2) is 0 Å². The number of aliphatic hydroxyl groups excluding tert-OH is 1. The molecule has 0 radical (unpaired) electrons. The summed E-state index contributed by atoms with van der Waals surface area (Å²) in [6.07, 6.45) is 11.5. The molecule has 0 aromatic carbocycles. The molecule has 2 nitrogen and oxygen atoms in total. The molecule has 0 spiro atoms. The lowest BCUT2D eigenvalue weighted by Crippen LogP contribution is -2.45. The molecular formula is C17H37NO. The smallest absolute Gasteiger partial charge is 0.0448 e. The van der Waals surface area contributed by atoms with E-state index in [1.54, 1.807) is 0 Å². The van der Waals surface area contributed by atoms with Gasteiger partial charge < -0.3 is 5.11 Å².